The lowest BCUT2D eigenvalue weighted by Crippen LogP contribution is -2.49. The number of carboxylic acids is 1. The van der Waals surface area contributed by atoms with Gasteiger partial charge in [-0.15, -0.1) is 0 Å². The van der Waals surface area contributed by atoms with Crippen LogP contribution in [0.25, 0.3) is 0 Å². The fraction of sp³-hybridized carbons (Fsp3) is 0.900. The van der Waals surface area contributed by atoms with Crippen LogP contribution in [-0.4, -0.2) is 51.2 Å². The average molecular weight is 311 g/mol. The molecular formula is C10H17NO6S2. The van der Waals surface area contributed by atoms with E-state index >= 15 is 0 Å². The van der Waals surface area contributed by atoms with E-state index in [-0.39, 0.29) is 24.5 Å². The summed E-state index contributed by atoms with van der Waals surface area (Å²) in [5.74, 6) is -1.49. The highest BCUT2D eigenvalue weighted by atomic mass is 32.2. The van der Waals surface area contributed by atoms with Gasteiger partial charge in [0.25, 0.3) is 0 Å². The van der Waals surface area contributed by atoms with Gasteiger partial charge in [-0.1, -0.05) is 6.42 Å². The van der Waals surface area contributed by atoms with Gasteiger partial charge in [0.15, 0.2) is 9.84 Å². The van der Waals surface area contributed by atoms with Crippen molar-refractivity contribution in [3.63, 3.8) is 0 Å². The fourth-order valence-corrected chi connectivity index (χ4v) is 6.60. The van der Waals surface area contributed by atoms with E-state index in [1.165, 1.54) is 0 Å². The van der Waals surface area contributed by atoms with Crippen molar-refractivity contribution in [3.8, 4) is 0 Å². The van der Waals surface area contributed by atoms with Gasteiger partial charge >= 0.3 is 5.97 Å². The molecule has 1 saturated carbocycles. The second-order valence-electron chi connectivity index (χ2n) is 5.33. The summed E-state index contributed by atoms with van der Waals surface area (Å²) in [4.78, 5) is 11.1. The van der Waals surface area contributed by atoms with Gasteiger partial charge in [-0.05, 0) is 19.3 Å². The zero-order valence-corrected chi connectivity index (χ0v) is 12.0. The van der Waals surface area contributed by atoms with Crippen molar-refractivity contribution in [1.82, 2.24) is 4.72 Å². The van der Waals surface area contributed by atoms with E-state index in [9.17, 15) is 21.6 Å². The molecule has 1 unspecified atom stereocenters. The molecule has 1 saturated heterocycles. The Morgan fingerprint density at radius 2 is 2.00 bits per heavy atom. The number of rotatable bonds is 5. The summed E-state index contributed by atoms with van der Waals surface area (Å²) in [5.41, 5.74) is -1.01. The Balaban J connectivity index is 2.01. The molecule has 110 valence electrons. The van der Waals surface area contributed by atoms with Crippen molar-refractivity contribution in [3.05, 3.63) is 0 Å². The van der Waals surface area contributed by atoms with Crippen LogP contribution in [0, 0.1) is 5.41 Å². The third kappa shape index (κ3) is 2.92. The van der Waals surface area contributed by atoms with Crippen molar-refractivity contribution in [2.75, 3.05) is 18.1 Å². The predicted molar refractivity (Wildman–Crippen MR) is 67.9 cm³/mol. The first kappa shape index (κ1) is 14.7. The molecule has 0 spiro atoms. The molecule has 2 aliphatic rings. The lowest BCUT2D eigenvalue weighted by atomic mass is 9.69. The molecule has 0 bridgehead atoms. The topological polar surface area (TPSA) is 118 Å². The zero-order chi connectivity index (χ0) is 14.3. The van der Waals surface area contributed by atoms with Gasteiger partial charge in [0.1, 0.15) is 0 Å². The van der Waals surface area contributed by atoms with Crippen molar-refractivity contribution in [2.24, 2.45) is 5.41 Å². The Morgan fingerprint density at radius 1 is 1.37 bits per heavy atom. The quantitative estimate of drug-likeness (QED) is 0.696. The van der Waals surface area contributed by atoms with Gasteiger partial charge in [0.2, 0.25) is 10.0 Å². The Labute approximate surface area is 112 Å². The van der Waals surface area contributed by atoms with Gasteiger partial charge < -0.3 is 5.11 Å². The molecule has 0 amide bonds. The lowest BCUT2D eigenvalue weighted by molar-refractivity contribution is -0.153. The number of sulfone groups is 1. The first-order valence-electron chi connectivity index (χ1n) is 6.09. The van der Waals surface area contributed by atoms with E-state index < -0.39 is 36.5 Å². The van der Waals surface area contributed by atoms with E-state index in [0.717, 1.165) is 6.42 Å². The number of sulfonamides is 1. The summed E-state index contributed by atoms with van der Waals surface area (Å²) in [6.45, 7) is -0.152. The molecule has 1 aliphatic carbocycles. The van der Waals surface area contributed by atoms with Crippen molar-refractivity contribution < 1.29 is 26.7 Å². The molecule has 7 nitrogen and oxygen atoms in total. The van der Waals surface area contributed by atoms with Crippen molar-refractivity contribution in [2.45, 2.75) is 30.9 Å². The highest BCUT2D eigenvalue weighted by Crippen LogP contribution is 2.40. The molecule has 0 aromatic carbocycles. The molecule has 0 aromatic heterocycles. The zero-order valence-electron chi connectivity index (χ0n) is 10.3. The smallest absolute Gasteiger partial charge is 0.310 e. The number of carbonyl (C=O) groups is 1. The maximum atomic E-state index is 12.0. The molecule has 1 atom stereocenters. The largest absolute Gasteiger partial charge is 0.481 e. The third-order valence-electron chi connectivity index (χ3n) is 4.01. The van der Waals surface area contributed by atoms with Crippen LogP contribution in [0.5, 0.6) is 0 Å². The highest BCUT2D eigenvalue weighted by Gasteiger charge is 2.46. The van der Waals surface area contributed by atoms with Gasteiger partial charge in [-0.2, -0.15) is 0 Å². The molecule has 2 fully saturated rings. The van der Waals surface area contributed by atoms with Gasteiger partial charge in [-0.25, -0.2) is 21.6 Å². The summed E-state index contributed by atoms with van der Waals surface area (Å²) in [5, 5.41) is 8.14. The second-order valence-corrected chi connectivity index (χ2v) is 9.60. The Hall–Kier alpha value is -0.670. The summed E-state index contributed by atoms with van der Waals surface area (Å²) in [7, 11) is -7.04. The number of carboxylic acid groups (broad SMARTS) is 1. The number of aliphatic carboxylic acids is 1. The number of nitrogens with one attached hydrogen (secondary N) is 1. The van der Waals surface area contributed by atoms with Crippen LogP contribution in [0.4, 0.5) is 0 Å². The standard InChI is InChI=1S/C10H17NO6S2/c12-9(13)10(3-1-4-10)7-11-19(16,17)8-2-5-18(14,15)6-8/h8,11H,1-7H2,(H,12,13). The summed E-state index contributed by atoms with van der Waals surface area (Å²) in [6, 6.07) is 0. The van der Waals surface area contributed by atoms with E-state index in [1.54, 1.807) is 0 Å². The molecule has 1 aliphatic heterocycles. The van der Waals surface area contributed by atoms with Gasteiger partial charge in [-0.3, -0.25) is 4.79 Å². The molecular weight excluding hydrogens is 294 g/mol. The van der Waals surface area contributed by atoms with Crippen LogP contribution in [0.2, 0.25) is 0 Å². The first-order valence-corrected chi connectivity index (χ1v) is 9.46. The third-order valence-corrected chi connectivity index (χ3v) is 7.81. The van der Waals surface area contributed by atoms with Crippen molar-refractivity contribution in [1.29, 1.82) is 0 Å². The first-order chi connectivity index (χ1) is 8.67. The SMILES string of the molecule is O=C(O)C1(CNS(=O)(=O)C2CCS(=O)(=O)C2)CCC1. The molecule has 2 N–H and O–H groups in total. The molecule has 9 heteroatoms. The van der Waals surface area contributed by atoms with Crippen LogP contribution in [-0.2, 0) is 24.7 Å². The van der Waals surface area contributed by atoms with E-state index in [1.807, 2.05) is 0 Å². The number of hydrogen-bond acceptors (Lipinski definition) is 5. The van der Waals surface area contributed by atoms with Crippen LogP contribution in [0.3, 0.4) is 0 Å². The van der Waals surface area contributed by atoms with Gasteiger partial charge in [0, 0.05) is 6.54 Å². The molecule has 2 rings (SSSR count). The van der Waals surface area contributed by atoms with Crippen LogP contribution in [0.15, 0.2) is 0 Å². The van der Waals surface area contributed by atoms with E-state index in [4.69, 9.17) is 5.11 Å². The lowest BCUT2D eigenvalue weighted by Gasteiger charge is -2.37. The van der Waals surface area contributed by atoms with E-state index in [2.05, 4.69) is 4.72 Å². The normalized spacial score (nSPS) is 28.7. The fourth-order valence-electron chi connectivity index (χ4n) is 2.43. The maximum absolute atomic E-state index is 12.0. The minimum atomic E-state index is -3.77. The maximum Gasteiger partial charge on any atom is 0.310 e. The van der Waals surface area contributed by atoms with Gasteiger partial charge in [0.05, 0.1) is 22.2 Å². The van der Waals surface area contributed by atoms with Crippen molar-refractivity contribution >= 4 is 25.8 Å². The Bertz CT molecular complexity index is 575. The summed E-state index contributed by atoms with van der Waals surface area (Å²) >= 11 is 0. The number of hydrogen-bond donors (Lipinski definition) is 2. The molecule has 0 aromatic rings. The minimum Gasteiger partial charge on any atom is -0.481 e. The predicted octanol–water partition coefficient (Wildman–Crippen LogP) is -0.652. The molecule has 19 heavy (non-hydrogen) atoms. The van der Waals surface area contributed by atoms with Crippen LogP contribution < -0.4 is 4.72 Å². The Morgan fingerprint density at radius 3 is 2.37 bits per heavy atom. The summed E-state index contributed by atoms with van der Waals surface area (Å²) < 4.78 is 48.8. The van der Waals surface area contributed by atoms with E-state index in [0.29, 0.717) is 12.8 Å². The van der Waals surface area contributed by atoms with Crippen LogP contribution in [0.1, 0.15) is 25.7 Å². The minimum absolute atomic E-state index is 0.0811. The second kappa shape index (κ2) is 4.71. The van der Waals surface area contributed by atoms with Crippen LogP contribution >= 0.6 is 0 Å². The average Bonchev–Trinajstić information content (AvgIpc) is 2.57. The highest BCUT2D eigenvalue weighted by molar-refractivity contribution is 7.95. The Kier molecular flexibility index (Phi) is 3.65. The molecule has 0 radical (unpaired) electrons. The molecule has 1 heterocycles. The summed E-state index contributed by atoms with van der Waals surface area (Å²) in [6.07, 6.45) is 1.76. The monoisotopic (exact) mass is 311 g/mol.